The molecular formula is C18H29N3O4. The normalized spacial score (nSPS) is 13.0. The quantitative estimate of drug-likeness (QED) is 0.567. The highest BCUT2D eigenvalue weighted by atomic mass is 16.6. The molecule has 0 heterocycles. The lowest BCUT2D eigenvalue weighted by Gasteiger charge is -2.26. The Bertz CT molecular complexity index is 610. The highest BCUT2D eigenvalue weighted by Gasteiger charge is 2.29. The van der Waals surface area contributed by atoms with E-state index in [0.29, 0.717) is 16.9 Å². The van der Waals surface area contributed by atoms with Crippen molar-refractivity contribution in [1.82, 2.24) is 5.32 Å². The van der Waals surface area contributed by atoms with Crippen LogP contribution in [-0.4, -0.2) is 29.3 Å². The predicted molar refractivity (Wildman–Crippen MR) is 98.0 cm³/mol. The summed E-state index contributed by atoms with van der Waals surface area (Å²) < 4.78 is 10.6. The smallest absolute Gasteiger partial charge is 0.408 e. The van der Waals surface area contributed by atoms with E-state index in [1.54, 1.807) is 59.7 Å². The molecule has 0 bridgehead atoms. The fourth-order valence-corrected chi connectivity index (χ4v) is 2.12. The van der Waals surface area contributed by atoms with Gasteiger partial charge in [0.2, 0.25) is 0 Å². The highest BCUT2D eigenvalue weighted by Crippen LogP contribution is 2.17. The molecule has 25 heavy (non-hydrogen) atoms. The molecule has 1 amide bonds. The molecule has 7 heteroatoms. The van der Waals surface area contributed by atoms with Crippen molar-refractivity contribution in [2.75, 3.05) is 11.5 Å². The molecule has 5 N–H and O–H groups in total. The second-order valence-corrected chi connectivity index (χ2v) is 7.94. The number of nitrogens with one attached hydrogen (secondary N) is 1. The summed E-state index contributed by atoms with van der Waals surface area (Å²) in [5, 5.41) is 2.57. The SMILES string of the molecule is CC(C)(C)OC(=O)N[C@@H](Cc1cc(N)cc(N)c1)C(=O)OC(C)(C)C. The first kappa shape index (κ1) is 20.6. The lowest BCUT2D eigenvalue weighted by molar-refractivity contribution is -0.157. The molecule has 0 aliphatic rings. The first-order chi connectivity index (χ1) is 11.2. The van der Waals surface area contributed by atoms with Gasteiger partial charge < -0.3 is 26.3 Å². The highest BCUT2D eigenvalue weighted by molar-refractivity contribution is 5.82. The topological polar surface area (TPSA) is 117 Å². The van der Waals surface area contributed by atoms with Crippen LogP contribution in [0.5, 0.6) is 0 Å². The van der Waals surface area contributed by atoms with E-state index in [2.05, 4.69) is 5.32 Å². The third-order valence-corrected chi connectivity index (χ3v) is 2.86. The van der Waals surface area contributed by atoms with Crippen LogP contribution in [0.3, 0.4) is 0 Å². The molecule has 1 rings (SSSR count). The van der Waals surface area contributed by atoms with E-state index in [0.717, 1.165) is 0 Å². The van der Waals surface area contributed by atoms with Crippen molar-refractivity contribution in [2.24, 2.45) is 0 Å². The van der Waals surface area contributed by atoms with Crippen LogP contribution >= 0.6 is 0 Å². The Balaban J connectivity index is 2.97. The molecule has 0 aliphatic heterocycles. The maximum Gasteiger partial charge on any atom is 0.408 e. The summed E-state index contributed by atoms with van der Waals surface area (Å²) in [6.45, 7) is 10.5. The molecule has 7 nitrogen and oxygen atoms in total. The van der Waals surface area contributed by atoms with Crippen LogP contribution in [0, 0.1) is 0 Å². The Kier molecular flexibility index (Phi) is 6.29. The minimum absolute atomic E-state index is 0.184. The minimum atomic E-state index is -0.921. The zero-order valence-electron chi connectivity index (χ0n) is 15.8. The Hall–Kier alpha value is -2.44. The van der Waals surface area contributed by atoms with Crippen LogP contribution in [0.1, 0.15) is 47.1 Å². The number of carbonyl (C=O) groups is 2. The van der Waals surface area contributed by atoms with Crippen LogP contribution in [-0.2, 0) is 20.7 Å². The van der Waals surface area contributed by atoms with Gasteiger partial charge in [-0.2, -0.15) is 0 Å². The first-order valence-corrected chi connectivity index (χ1v) is 8.12. The van der Waals surface area contributed by atoms with Gasteiger partial charge in [-0.05, 0) is 65.3 Å². The van der Waals surface area contributed by atoms with Crippen molar-refractivity contribution < 1.29 is 19.1 Å². The zero-order valence-corrected chi connectivity index (χ0v) is 15.8. The van der Waals surface area contributed by atoms with Crippen molar-refractivity contribution in [2.45, 2.75) is 65.2 Å². The number of carbonyl (C=O) groups excluding carboxylic acids is 2. The summed E-state index contributed by atoms with van der Waals surface area (Å²) in [4.78, 5) is 24.6. The summed E-state index contributed by atoms with van der Waals surface area (Å²) in [7, 11) is 0. The molecule has 0 radical (unpaired) electrons. The van der Waals surface area contributed by atoms with Gasteiger partial charge in [-0.3, -0.25) is 0 Å². The van der Waals surface area contributed by atoms with Crippen LogP contribution in [0.2, 0.25) is 0 Å². The number of rotatable bonds is 4. The van der Waals surface area contributed by atoms with Crippen molar-refractivity contribution in [1.29, 1.82) is 0 Å². The van der Waals surface area contributed by atoms with Crippen LogP contribution in [0.4, 0.5) is 16.2 Å². The van der Waals surface area contributed by atoms with E-state index in [1.165, 1.54) is 0 Å². The number of esters is 1. The molecule has 1 aromatic carbocycles. The molecular weight excluding hydrogens is 322 g/mol. The van der Waals surface area contributed by atoms with Gasteiger partial charge >= 0.3 is 12.1 Å². The molecule has 0 aliphatic carbocycles. The monoisotopic (exact) mass is 351 g/mol. The summed E-state index contributed by atoms with van der Waals surface area (Å²) >= 11 is 0. The maximum atomic E-state index is 12.5. The van der Waals surface area contributed by atoms with Gasteiger partial charge in [0.05, 0.1) is 0 Å². The lowest BCUT2D eigenvalue weighted by atomic mass is 10.0. The van der Waals surface area contributed by atoms with Crippen molar-refractivity contribution >= 4 is 23.4 Å². The maximum absolute atomic E-state index is 12.5. The third-order valence-electron chi connectivity index (χ3n) is 2.86. The average Bonchev–Trinajstić information content (AvgIpc) is 2.31. The summed E-state index contributed by atoms with van der Waals surface area (Å²) in [6, 6.07) is 4.10. The number of nitrogens with two attached hydrogens (primary N) is 2. The largest absolute Gasteiger partial charge is 0.458 e. The molecule has 1 aromatic rings. The van der Waals surface area contributed by atoms with E-state index in [4.69, 9.17) is 20.9 Å². The van der Waals surface area contributed by atoms with Gasteiger partial charge in [0, 0.05) is 17.8 Å². The van der Waals surface area contributed by atoms with Crippen LogP contribution in [0.25, 0.3) is 0 Å². The Labute approximate surface area is 149 Å². The number of benzene rings is 1. The molecule has 1 atom stereocenters. The molecule has 0 fully saturated rings. The van der Waals surface area contributed by atoms with E-state index < -0.39 is 29.3 Å². The van der Waals surface area contributed by atoms with Gasteiger partial charge in [-0.15, -0.1) is 0 Å². The Morgan fingerprint density at radius 1 is 0.960 bits per heavy atom. The fraction of sp³-hybridized carbons (Fsp3) is 0.556. The molecule has 140 valence electrons. The Morgan fingerprint density at radius 3 is 1.88 bits per heavy atom. The van der Waals surface area contributed by atoms with Gasteiger partial charge in [-0.1, -0.05) is 0 Å². The molecule has 0 aromatic heterocycles. The summed E-state index contributed by atoms with van der Waals surface area (Å²) in [5.41, 5.74) is 11.9. The van der Waals surface area contributed by atoms with E-state index in [9.17, 15) is 9.59 Å². The van der Waals surface area contributed by atoms with Crippen LogP contribution < -0.4 is 16.8 Å². The first-order valence-electron chi connectivity index (χ1n) is 8.12. The molecule has 0 saturated heterocycles. The number of ether oxygens (including phenoxy) is 2. The number of anilines is 2. The lowest BCUT2D eigenvalue weighted by Crippen LogP contribution is -2.47. The van der Waals surface area contributed by atoms with E-state index in [1.807, 2.05) is 0 Å². The van der Waals surface area contributed by atoms with Crippen molar-refractivity contribution in [3.05, 3.63) is 23.8 Å². The van der Waals surface area contributed by atoms with Gasteiger partial charge in [0.25, 0.3) is 0 Å². The Morgan fingerprint density at radius 2 is 1.44 bits per heavy atom. The number of hydrogen-bond donors (Lipinski definition) is 3. The van der Waals surface area contributed by atoms with Crippen molar-refractivity contribution in [3.63, 3.8) is 0 Å². The number of hydrogen-bond acceptors (Lipinski definition) is 6. The van der Waals surface area contributed by atoms with E-state index in [-0.39, 0.29) is 6.42 Å². The second-order valence-electron chi connectivity index (χ2n) is 7.94. The third kappa shape index (κ3) is 8.28. The van der Waals surface area contributed by atoms with E-state index >= 15 is 0 Å². The summed E-state index contributed by atoms with van der Waals surface area (Å²) in [6.07, 6.45) is -0.510. The molecule has 0 spiro atoms. The average molecular weight is 351 g/mol. The van der Waals surface area contributed by atoms with Gasteiger partial charge in [0.15, 0.2) is 0 Å². The predicted octanol–water partition coefficient (Wildman–Crippen LogP) is 2.63. The van der Waals surface area contributed by atoms with Gasteiger partial charge in [0.1, 0.15) is 17.2 Å². The molecule has 0 unspecified atom stereocenters. The summed E-state index contributed by atoms with van der Waals surface area (Å²) in [5.74, 6) is -0.556. The number of alkyl carbamates (subject to hydrolysis) is 1. The van der Waals surface area contributed by atoms with Crippen LogP contribution in [0.15, 0.2) is 18.2 Å². The number of nitrogen functional groups attached to an aromatic ring is 2. The number of amides is 1. The standard InChI is InChI=1S/C18H29N3O4/c1-17(2,3)24-15(22)14(21-16(23)25-18(4,5)6)9-11-7-12(19)10-13(20)8-11/h7-8,10,14H,9,19-20H2,1-6H3,(H,21,23)/t14-/m0/s1. The second kappa shape index (κ2) is 7.63. The van der Waals surface area contributed by atoms with Crippen molar-refractivity contribution in [3.8, 4) is 0 Å². The fourth-order valence-electron chi connectivity index (χ4n) is 2.12. The van der Waals surface area contributed by atoms with Gasteiger partial charge in [-0.25, -0.2) is 9.59 Å². The molecule has 0 saturated carbocycles. The minimum Gasteiger partial charge on any atom is -0.458 e. The zero-order chi connectivity index (χ0) is 19.4.